The van der Waals surface area contributed by atoms with Crippen LogP contribution in [-0.2, 0) is 4.79 Å². The van der Waals surface area contributed by atoms with Gasteiger partial charge < -0.3 is 0 Å². The van der Waals surface area contributed by atoms with E-state index >= 15 is 0 Å². The third-order valence-electron chi connectivity index (χ3n) is 4.11. The smallest absolute Gasteiger partial charge is 0.155 e. The van der Waals surface area contributed by atoms with Crippen LogP contribution in [0.15, 0.2) is 11.6 Å². The van der Waals surface area contributed by atoms with Crippen molar-refractivity contribution in [3.05, 3.63) is 11.6 Å². The van der Waals surface area contributed by atoms with E-state index in [0.29, 0.717) is 17.1 Å². The zero-order valence-electron chi connectivity index (χ0n) is 8.05. The van der Waals surface area contributed by atoms with Gasteiger partial charge in [-0.3, -0.25) is 4.79 Å². The van der Waals surface area contributed by atoms with E-state index in [1.165, 1.54) is 5.57 Å². The lowest BCUT2D eigenvalue weighted by Gasteiger charge is -2.55. The second-order valence-corrected chi connectivity index (χ2v) is 4.56. The molecule has 0 aromatic rings. The van der Waals surface area contributed by atoms with Crippen LogP contribution in [0.4, 0.5) is 0 Å². The molecule has 2 aliphatic carbocycles. The van der Waals surface area contributed by atoms with Gasteiger partial charge in [0.25, 0.3) is 0 Å². The summed E-state index contributed by atoms with van der Waals surface area (Å²) in [5.41, 5.74) is 1.78. The van der Waals surface area contributed by atoms with Crippen molar-refractivity contribution in [1.29, 1.82) is 0 Å². The normalized spacial score (nSPS) is 46.2. The van der Waals surface area contributed by atoms with Gasteiger partial charge in [-0.25, -0.2) is 0 Å². The molecule has 0 spiro atoms. The van der Waals surface area contributed by atoms with Crippen molar-refractivity contribution in [1.82, 2.24) is 0 Å². The summed E-state index contributed by atoms with van der Waals surface area (Å²) in [5, 5.41) is 0. The Labute approximate surface area is 73.8 Å². The van der Waals surface area contributed by atoms with Crippen molar-refractivity contribution < 1.29 is 4.79 Å². The average molecular weight is 164 g/mol. The van der Waals surface area contributed by atoms with Crippen LogP contribution < -0.4 is 0 Å². The van der Waals surface area contributed by atoms with E-state index in [0.717, 1.165) is 18.8 Å². The lowest BCUT2D eigenvalue weighted by Crippen LogP contribution is -2.48. The Balaban J connectivity index is 2.35. The number of hydrogen-bond acceptors (Lipinski definition) is 1. The zero-order chi connectivity index (χ0) is 8.93. The molecule has 0 bridgehead atoms. The number of carbonyl (C=O) groups excluding carboxylic acids is 1. The summed E-state index contributed by atoms with van der Waals surface area (Å²) in [5.74, 6) is 1.73. The molecule has 0 heterocycles. The number of allylic oxidation sites excluding steroid dienone is 2. The second-order valence-electron chi connectivity index (χ2n) is 4.56. The SMILES string of the molecule is C[C@H]1C2=CC(=O)CCC2(C)[C@H]1C. The summed E-state index contributed by atoms with van der Waals surface area (Å²) < 4.78 is 0. The highest BCUT2D eigenvalue weighted by atomic mass is 16.1. The molecule has 1 nitrogen and oxygen atoms in total. The number of fused-ring (bicyclic) bond motifs is 1. The molecule has 1 heteroatoms. The van der Waals surface area contributed by atoms with E-state index in [4.69, 9.17) is 0 Å². The third kappa shape index (κ3) is 0.769. The zero-order valence-corrected chi connectivity index (χ0v) is 8.05. The molecule has 0 N–H and O–H groups in total. The second kappa shape index (κ2) is 2.21. The van der Waals surface area contributed by atoms with E-state index in [-0.39, 0.29) is 0 Å². The summed E-state index contributed by atoms with van der Waals surface area (Å²) in [4.78, 5) is 11.2. The molecule has 0 aliphatic heterocycles. The van der Waals surface area contributed by atoms with Crippen molar-refractivity contribution in [2.24, 2.45) is 17.3 Å². The Morgan fingerprint density at radius 1 is 1.50 bits per heavy atom. The van der Waals surface area contributed by atoms with Crippen molar-refractivity contribution >= 4 is 5.78 Å². The number of rotatable bonds is 0. The maximum Gasteiger partial charge on any atom is 0.155 e. The summed E-state index contributed by atoms with van der Waals surface area (Å²) in [6.07, 6.45) is 3.73. The fourth-order valence-electron chi connectivity index (χ4n) is 2.80. The van der Waals surface area contributed by atoms with E-state index in [2.05, 4.69) is 20.8 Å². The van der Waals surface area contributed by atoms with Gasteiger partial charge >= 0.3 is 0 Å². The van der Waals surface area contributed by atoms with Crippen LogP contribution in [0.1, 0.15) is 33.6 Å². The highest BCUT2D eigenvalue weighted by molar-refractivity contribution is 5.92. The Morgan fingerprint density at radius 2 is 2.17 bits per heavy atom. The molecule has 1 unspecified atom stereocenters. The first kappa shape index (κ1) is 8.03. The van der Waals surface area contributed by atoms with Gasteiger partial charge in [-0.05, 0) is 29.7 Å². The van der Waals surface area contributed by atoms with Crippen LogP contribution in [0.5, 0.6) is 0 Å². The van der Waals surface area contributed by atoms with Gasteiger partial charge in [-0.1, -0.05) is 26.3 Å². The predicted octanol–water partition coefficient (Wildman–Crippen LogP) is 2.57. The van der Waals surface area contributed by atoms with E-state index < -0.39 is 0 Å². The minimum absolute atomic E-state index is 0.334. The van der Waals surface area contributed by atoms with E-state index in [9.17, 15) is 4.79 Å². The first-order valence-electron chi connectivity index (χ1n) is 4.80. The van der Waals surface area contributed by atoms with Crippen molar-refractivity contribution in [3.63, 3.8) is 0 Å². The van der Waals surface area contributed by atoms with Gasteiger partial charge in [-0.2, -0.15) is 0 Å². The van der Waals surface area contributed by atoms with E-state index in [1.54, 1.807) is 0 Å². The lowest BCUT2D eigenvalue weighted by atomic mass is 9.49. The standard InChI is InChI=1S/C11H16O/c1-7-8(2)11(3)5-4-9(12)6-10(7)11/h6-8H,4-5H2,1-3H3/t7-,8+,11?/m1/s1. The van der Waals surface area contributed by atoms with Gasteiger partial charge in [0.2, 0.25) is 0 Å². The monoisotopic (exact) mass is 164 g/mol. The van der Waals surface area contributed by atoms with Gasteiger partial charge in [-0.15, -0.1) is 0 Å². The fraction of sp³-hybridized carbons (Fsp3) is 0.727. The molecule has 3 atom stereocenters. The maximum atomic E-state index is 11.2. The van der Waals surface area contributed by atoms with Crippen LogP contribution in [0.2, 0.25) is 0 Å². The number of carbonyl (C=O) groups is 1. The quantitative estimate of drug-likeness (QED) is 0.537. The number of ketones is 1. The topological polar surface area (TPSA) is 17.1 Å². The Kier molecular flexibility index (Phi) is 1.48. The third-order valence-corrected chi connectivity index (χ3v) is 4.11. The molecule has 0 aromatic carbocycles. The molecular weight excluding hydrogens is 148 g/mol. The fourth-order valence-corrected chi connectivity index (χ4v) is 2.80. The Morgan fingerprint density at radius 3 is 2.83 bits per heavy atom. The van der Waals surface area contributed by atoms with Gasteiger partial charge in [0.15, 0.2) is 5.78 Å². The van der Waals surface area contributed by atoms with Crippen molar-refractivity contribution in [2.75, 3.05) is 0 Å². The Hall–Kier alpha value is -0.590. The molecule has 0 saturated heterocycles. The van der Waals surface area contributed by atoms with Crippen LogP contribution in [0, 0.1) is 17.3 Å². The molecule has 0 amide bonds. The van der Waals surface area contributed by atoms with E-state index in [1.807, 2.05) is 6.08 Å². The molecule has 2 rings (SSSR count). The van der Waals surface area contributed by atoms with Crippen LogP contribution in [-0.4, -0.2) is 5.78 Å². The highest BCUT2D eigenvalue weighted by Gasteiger charge is 2.51. The van der Waals surface area contributed by atoms with Gasteiger partial charge in [0, 0.05) is 6.42 Å². The molecule has 12 heavy (non-hydrogen) atoms. The first-order valence-corrected chi connectivity index (χ1v) is 4.80. The average Bonchev–Trinajstić information content (AvgIpc) is 2.08. The van der Waals surface area contributed by atoms with Crippen LogP contribution in [0.25, 0.3) is 0 Å². The maximum absolute atomic E-state index is 11.2. The summed E-state index contributed by atoms with van der Waals surface area (Å²) in [6, 6.07) is 0. The minimum atomic E-state index is 0.334. The molecule has 66 valence electrons. The Bertz CT molecular complexity index is 264. The molecule has 1 saturated carbocycles. The predicted molar refractivity (Wildman–Crippen MR) is 48.8 cm³/mol. The molecule has 0 aromatic heterocycles. The first-order chi connectivity index (χ1) is 5.55. The van der Waals surface area contributed by atoms with Gasteiger partial charge in [0.1, 0.15) is 0 Å². The molecule has 2 aliphatic rings. The van der Waals surface area contributed by atoms with Crippen LogP contribution >= 0.6 is 0 Å². The van der Waals surface area contributed by atoms with Gasteiger partial charge in [0.05, 0.1) is 0 Å². The minimum Gasteiger partial charge on any atom is -0.295 e. The summed E-state index contributed by atoms with van der Waals surface area (Å²) in [7, 11) is 0. The molecular formula is C11H16O. The lowest BCUT2D eigenvalue weighted by molar-refractivity contribution is -0.117. The highest BCUT2D eigenvalue weighted by Crippen LogP contribution is 2.59. The van der Waals surface area contributed by atoms with Crippen molar-refractivity contribution in [2.45, 2.75) is 33.6 Å². The van der Waals surface area contributed by atoms with Crippen molar-refractivity contribution in [3.8, 4) is 0 Å². The number of hydrogen-bond donors (Lipinski definition) is 0. The molecule has 0 radical (unpaired) electrons. The largest absolute Gasteiger partial charge is 0.295 e. The van der Waals surface area contributed by atoms with Crippen LogP contribution in [0.3, 0.4) is 0 Å². The summed E-state index contributed by atoms with van der Waals surface area (Å²) in [6.45, 7) is 6.84. The molecule has 1 fully saturated rings. The summed E-state index contributed by atoms with van der Waals surface area (Å²) >= 11 is 0.